The van der Waals surface area contributed by atoms with Gasteiger partial charge in [0.15, 0.2) is 5.78 Å². The molecular weight excluding hydrogens is 384 g/mol. The van der Waals surface area contributed by atoms with Crippen LogP contribution in [-0.4, -0.2) is 17.4 Å². The molecule has 0 N–H and O–H groups in total. The molecule has 3 nitrogen and oxygen atoms in total. The number of esters is 1. The fourth-order valence-corrected chi connectivity index (χ4v) is 4.28. The van der Waals surface area contributed by atoms with Gasteiger partial charge in [0, 0.05) is 5.92 Å². The van der Waals surface area contributed by atoms with Crippen LogP contribution in [0, 0.1) is 29.6 Å². The molecule has 0 aromatic heterocycles. The summed E-state index contributed by atoms with van der Waals surface area (Å²) in [6, 6.07) is 8.52. The Hall–Kier alpha value is -1.90. The number of ether oxygens (including phenoxy) is 1. The van der Waals surface area contributed by atoms with Crippen molar-refractivity contribution in [3.8, 4) is 0 Å². The van der Waals surface area contributed by atoms with Crippen LogP contribution in [0.2, 0.25) is 0 Å². The van der Waals surface area contributed by atoms with E-state index >= 15 is 0 Å². The Morgan fingerprint density at radius 2 is 1.68 bits per heavy atom. The van der Waals surface area contributed by atoms with Gasteiger partial charge < -0.3 is 4.74 Å². The number of hydrogen-bond acceptors (Lipinski definition) is 3. The summed E-state index contributed by atoms with van der Waals surface area (Å²) >= 11 is 0. The maximum Gasteiger partial charge on any atom is 0.309 e. The van der Waals surface area contributed by atoms with E-state index in [-0.39, 0.29) is 17.7 Å². The molecular formula is C28H42O3. The molecule has 0 radical (unpaired) electrons. The van der Waals surface area contributed by atoms with Gasteiger partial charge in [-0.3, -0.25) is 9.59 Å². The van der Waals surface area contributed by atoms with Gasteiger partial charge in [-0.25, -0.2) is 0 Å². The van der Waals surface area contributed by atoms with Gasteiger partial charge in [0.25, 0.3) is 0 Å². The normalized spacial score (nSPS) is 22.1. The van der Waals surface area contributed by atoms with E-state index in [0.29, 0.717) is 17.8 Å². The molecule has 1 aromatic rings. The van der Waals surface area contributed by atoms with Gasteiger partial charge in [-0.05, 0) is 74.0 Å². The molecule has 0 amide bonds. The van der Waals surface area contributed by atoms with Crippen LogP contribution in [0.1, 0.15) is 85.8 Å². The number of fused-ring (bicyclic) bond motifs is 1. The summed E-state index contributed by atoms with van der Waals surface area (Å²) in [5.74, 6) is 0.430. The lowest BCUT2D eigenvalue weighted by atomic mass is 9.78. The first kappa shape index (κ1) is 25.4. The number of ketones is 1. The van der Waals surface area contributed by atoms with Crippen molar-refractivity contribution in [3.63, 3.8) is 0 Å². The zero-order valence-electron chi connectivity index (χ0n) is 21.0. The van der Waals surface area contributed by atoms with E-state index in [1.54, 1.807) is 0 Å². The maximum absolute atomic E-state index is 13.7. The predicted octanol–water partition coefficient (Wildman–Crippen LogP) is 6.75. The van der Waals surface area contributed by atoms with E-state index < -0.39 is 17.4 Å². The van der Waals surface area contributed by atoms with Crippen molar-refractivity contribution in [1.29, 1.82) is 0 Å². The van der Waals surface area contributed by atoms with Crippen molar-refractivity contribution in [2.75, 3.05) is 0 Å². The fourth-order valence-electron chi connectivity index (χ4n) is 4.28. The Morgan fingerprint density at radius 3 is 2.23 bits per heavy atom. The second-order valence-electron chi connectivity index (χ2n) is 10.9. The lowest BCUT2D eigenvalue weighted by molar-refractivity contribution is -0.162. The third-order valence-corrected chi connectivity index (χ3v) is 7.06. The highest BCUT2D eigenvalue weighted by Crippen LogP contribution is 2.43. The molecule has 0 bridgehead atoms. The molecule has 2 rings (SSSR count). The molecule has 31 heavy (non-hydrogen) atoms. The third kappa shape index (κ3) is 6.30. The number of hydrogen-bond donors (Lipinski definition) is 0. The average molecular weight is 427 g/mol. The zero-order chi connectivity index (χ0) is 23.5. The number of Topliss-reactive ketones (excluding diaryl/α,β-unsaturated/α-hetero) is 1. The minimum Gasteiger partial charge on any atom is -0.460 e. The van der Waals surface area contributed by atoms with E-state index in [0.717, 1.165) is 18.4 Å². The van der Waals surface area contributed by atoms with Crippen LogP contribution >= 0.6 is 0 Å². The van der Waals surface area contributed by atoms with Gasteiger partial charge in [-0.15, -0.1) is 0 Å². The van der Waals surface area contributed by atoms with Crippen molar-refractivity contribution in [3.05, 3.63) is 47.0 Å². The van der Waals surface area contributed by atoms with Gasteiger partial charge in [0.2, 0.25) is 0 Å². The van der Waals surface area contributed by atoms with Crippen molar-refractivity contribution >= 4 is 11.8 Å². The molecule has 0 saturated carbocycles. The van der Waals surface area contributed by atoms with Gasteiger partial charge in [-0.1, -0.05) is 71.9 Å². The van der Waals surface area contributed by atoms with E-state index in [2.05, 4.69) is 58.0 Å². The topological polar surface area (TPSA) is 43.4 Å². The summed E-state index contributed by atoms with van der Waals surface area (Å²) in [5, 5.41) is 0. The Morgan fingerprint density at radius 1 is 1.06 bits per heavy atom. The van der Waals surface area contributed by atoms with Crippen molar-refractivity contribution in [1.82, 2.24) is 0 Å². The van der Waals surface area contributed by atoms with Gasteiger partial charge in [0.1, 0.15) is 5.60 Å². The second kappa shape index (κ2) is 10.1. The summed E-state index contributed by atoms with van der Waals surface area (Å²) in [7, 11) is 0. The smallest absolute Gasteiger partial charge is 0.309 e. The van der Waals surface area contributed by atoms with E-state index in [1.807, 2.05) is 34.6 Å². The first-order valence-corrected chi connectivity index (χ1v) is 11.9. The third-order valence-electron chi connectivity index (χ3n) is 7.06. The SMILES string of the molecule is CC(C)C(C)CC=C(C(=O)C(C)C(C)C(=O)OC(C)(C)C)C1Cc2ccccc2C1C. The monoisotopic (exact) mass is 426 g/mol. The molecule has 0 aliphatic heterocycles. The van der Waals surface area contributed by atoms with Crippen LogP contribution in [0.4, 0.5) is 0 Å². The Balaban J connectivity index is 2.31. The quantitative estimate of drug-likeness (QED) is 0.341. The van der Waals surface area contributed by atoms with Gasteiger partial charge in [0.05, 0.1) is 5.92 Å². The maximum atomic E-state index is 13.7. The zero-order valence-corrected chi connectivity index (χ0v) is 21.0. The standard InChI is InChI=1S/C28H42O3/c1-17(2)18(3)14-15-24(25-16-22-12-10-11-13-23(22)21(25)6)26(29)19(4)20(5)27(30)31-28(7,8)9/h10-13,15,17-21,25H,14,16H2,1-9H3. The molecule has 5 unspecified atom stereocenters. The van der Waals surface area contributed by atoms with Gasteiger partial charge >= 0.3 is 5.97 Å². The summed E-state index contributed by atoms with van der Waals surface area (Å²) in [4.78, 5) is 26.4. The van der Waals surface area contributed by atoms with E-state index in [4.69, 9.17) is 4.74 Å². The largest absolute Gasteiger partial charge is 0.460 e. The van der Waals surface area contributed by atoms with Crippen LogP contribution in [0.25, 0.3) is 0 Å². The second-order valence-corrected chi connectivity index (χ2v) is 10.9. The number of benzene rings is 1. The Labute approximate surface area is 189 Å². The number of carbonyl (C=O) groups excluding carboxylic acids is 2. The summed E-state index contributed by atoms with van der Waals surface area (Å²) in [5.41, 5.74) is 3.03. The molecule has 172 valence electrons. The number of rotatable bonds is 8. The van der Waals surface area contributed by atoms with Crippen LogP contribution in [0.3, 0.4) is 0 Å². The highest BCUT2D eigenvalue weighted by Gasteiger charge is 2.38. The average Bonchev–Trinajstić information content (AvgIpc) is 3.02. The Kier molecular flexibility index (Phi) is 8.30. The lowest BCUT2D eigenvalue weighted by Crippen LogP contribution is -2.34. The Bertz CT molecular complexity index is 812. The summed E-state index contributed by atoms with van der Waals surface area (Å²) in [6.07, 6.45) is 3.95. The molecule has 5 atom stereocenters. The molecule has 0 fully saturated rings. The van der Waals surface area contributed by atoms with Crippen molar-refractivity contribution < 1.29 is 14.3 Å². The van der Waals surface area contributed by atoms with Crippen LogP contribution in [0.15, 0.2) is 35.9 Å². The predicted molar refractivity (Wildman–Crippen MR) is 128 cm³/mol. The molecule has 3 heteroatoms. The van der Waals surface area contributed by atoms with E-state index in [1.165, 1.54) is 11.1 Å². The van der Waals surface area contributed by atoms with Gasteiger partial charge in [-0.2, -0.15) is 0 Å². The molecule has 0 spiro atoms. The summed E-state index contributed by atoms with van der Waals surface area (Å²) < 4.78 is 5.57. The first-order valence-electron chi connectivity index (χ1n) is 11.9. The fraction of sp³-hybridized carbons (Fsp3) is 0.643. The number of carbonyl (C=O) groups is 2. The first-order chi connectivity index (χ1) is 14.3. The highest BCUT2D eigenvalue weighted by molar-refractivity contribution is 5.99. The van der Waals surface area contributed by atoms with Crippen molar-refractivity contribution in [2.24, 2.45) is 29.6 Å². The van der Waals surface area contributed by atoms with E-state index in [9.17, 15) is 9.59 Å². The van der Waals surface area contributed by atoms with Crippen LogP contribution in [-0.2, 0) is 20.7 Å². The van der Waals surface area contributed by atoms with Crippen LogP contribution in [0.5, 0.6) is 0 Å². The minimum atomic E-state index is -0.554. The lowest BCUT2D eigenvalue weighted by Gasteiger charge is -2.27. The molecule has 1 aliphatic rings. The van der Waals surface area contributed by atoms with Crippen molar-refractivity contribution in [2.45, 2.75) is 86.7 Å². The molecule has 0 heterocycles. The summed E-state index contributed by atoms with van der Waals surface area (Å²) in [6.45, 7) is 18.2. The minimum absolute atomic E-state index is 0.0963. The highest BCUT2D eigenvalue weighted by atomic mass is 16.6. The molecule has 1 aliphatic carbocycles. The van der Waals surface area contributed by atoms with Crippen LogP contribution < -0.4 is 0 Å². The number of allylic oxidation sites excluding steroid dienone is 2. The molecule has 1 aromatic carbocycles. The molecule has 0 saturated heterocycles.